The number of rotatable bonds is 1. The maximum Gasteiger partial charge on any atom is 0.142 e. The van der Waals surface area contributed by atoms with E-state index < -0.39 is 0 Å². The molecule has 0 aliphatic heterocycles. The molecule has 0 fully saturated rings. The van der Waals surface area contributed by atoms with Gasteiger partial charge >= 0.3 is 0 Å². The van der Waals surface area contributed by atoms with Gasteiger partial charge in [-0.2, -0.15) is 0 Å². The van der Waals surface area contributed by atoms with E-state index in [4.69, 9.17) is 16.6 Å². The van der Waals surface area contributed by atoms with Crippen LogP contribution in [0.1, 0.15) is 24.1 Å². The summed E-state index contributed by atoms with van der Waals surface area (Å²) in [7, 11) is 0. The molecule has 2 aromatic heterocycles. The smallest absolute Gasteiger partial charge is 0.142 e. The van der Waals surface area contributed by atoms with Crippen LogP contribution in [-0.4, -0.2) is 9.97 Å². The summed E-state index contributed by atoms with van der Waals surface area (Å²) in [5, 5.41) is 0. The maximum atomic E-state index is 5.34. The van der Waals surface area contributed by atoms with E-state index in [1.165, 1.54) is 24.1 Å². The van der Waals surface area contributed by atoms with Gasteiger partial charge in [0.05, 0.1) is 11.8 Å². The van der Waals surface area contributed by atoms with E-state index in [1.54, 1.807) is 12.5 Å². The summed E-state index contributed by atoms with van der Waals surface area (Å²) in [6.45, 7) is 0. The van der Waals surface area contributed by atoms with Gasteiger partial charge in [-0.3, -0.25) is 0 Å². The van der Waals surface area contributed by atoms with E-state index in [1.807, 2.05) is 6.07 Å². The summed E-state index contributed by atoms with van der Waals surface area (Å²) >= 11 is 5.34. The predicted molar refractivity (Wildman–Crippen MR) is 63.8 cm³/mol. The fourth-order valence-corrected chi connectivity index (χ4v) is 2.47. The molecule has 16 heavy (non-hydrogen) atoms. The summed E-state index contributed by atoms with van der Waals surface area (Å²) in [5.74, 6) is 0.819. The van der Waals surface area contributed by atoms with Crippen molar-refractivity contribution in [1.82, 2.24) is 9.97 Å². The van der Waals surface area contributed by atoms with Gasteiger partial charge in [0, 0.05) is 11.3 Å². The average molecular weight is 232 g/mol. The third-order valence-corrected chi connectivity index (χ3v) is 3.34. The molecule has 2 aromatic rings. The minimum atomic E-state index is 0.740. The zero-order valence-electron chi connectivity index (χ0n) is 8.82. The largest absolute Gasteiger partial charge is 0.472 e. The fraction of sp³-hybridized carbons (Fsp3) is 0.333. The molecule has 4 heteroatoms. The van der Waals surface area contributed by atoms with Gasteiger partial charge in [-0.05, 0) is 31.7 Å². The summed E-state index contributed by atoms with van der Waals surface area (Å²) < 4.78 is 5.80. The van der Waals surface area contributed by atoms with Crippen LogP contribution in [0, 0.1) is 4.64 Å². The van der Waals surface area contributed by atoms with Gasteiger partial charge in [0.2, 0.25) is 0 Å². The van der Waals surface area contributed by atoms with E-state index in [9.17, 15) is 0 Å². The molecule has 2 heterocycles. The van der Waals surface area contributed by atoms with Gasteiger partial charge in [-0.25, -0.2) is 4.98 Å². The molecule has 0 spiro atoms. The number of hydrogen-bond donors (Lipinski definition) is 1. The molecule has 1 aliphatic carbocycles. The molecule has 0 saturated heterocycles. The number of aromatic amines is 1. The molecule has 0 aromatic carbocycles. The lowest BCUT2D eigenvalue weighted by atomic mass is 9.97. The van der Waals surface area contributed by atoms with Gasteiger partial charge < -0.3 is 9.40 Å². The van der Waals surface area contributed by atoms with Crippen LogP contribution in [0.2, 0.25) is 0 Å². The van der Waals surface area contributed by atoms with Crippen molar-refractivity contribution in [3.8, 4) is 11.4 Å². The number of aryl methyl sites for hydroxylation is 1. The lowest BCUT2D eigenvalue weighted by Crippen LogP contribution is -2.08. The third-order valence-electron chi connectivity index (χ3n) is 3.00. The van der Waals surface area contributed by atoms with Gasteiger partial charge in [0.15, 0.2) is 0 Å². The summed E-state index contributed by atoms with van der Waals surface area (Å²) in [6.07, 6.45) is 7.91. The number of nitrogens with one attached hydrogen (secondary N) is 1. The van der Waals surface area contributed by atoms with Crippen molar-refractivity contribution in [2.45, 2.75) is 25.7 Å². The highest BCUT2D eigenvalue weighted by atomic mass is 32.1. The summed E-state index contributed by atoms with van der Waals surface area (Å²) in [4.78, 5) is 7.80. The molecule has 1 N–H and O–H groups in total. The van der Waals surface area contributed by atoms with Crippen LogP contribution in [0.3, 0.4) is 0 Å². The standard InChI is InChI=1S/C12H12N2OS/c16-12-9-3-1-2-4-10(9)13-11(14-12)8-5-6-15-7-8/h5-7H,1-4H2,(H,13,14,16). The van der Waals surface area contributed by atoms with Crippen molar-refractivity contribution in [2.75, 3.05) is 0 Å². The first-order valence-corrected chi connectivity index (χ1v) is 5.90. The van der Waals surface area contributed by atoms with Crippen LogP contribution in [-0.2, 0) is 12.8 Å². The topological polar surface area (TPSA) is 41.8 Å². The van der Waals surface area contributed by atoms with Gasteiger partial charge in [0.25, 0.3) is 0 Å². The second-order valence-electron chi connectivity index (χ2n) is 4.07. The Morgan fingerprint density at radius 3 is 3.00 bits per heavy atom. The van der Waals surface area contributed by atoms with Crippen LogP contribution >= 0.6 is 12.2 Å². The summed E-state index contributed by atoms with van der Waals surface area (Å²) in [5.41, 5.74) is 3.44. The average Bonchev–Trinajstić information content (AvgIpc) is 2.82. The van der Waals surface area contributed by atoms with Crippen molar-refractivity contribution in [1.29, 1.82) is 0 Å². The van der Waals surface area contributed by atoms with Gasteiger partial charge in [-0.15, -0.1) is 0 Å². The monoisotopic (exact) mass is 232 g/mol. The Bertz CT molecular complexity index is 557. The van der Waals surface area contributed by atoms with Crippen molar-refractivity contribution in [3.05, 3.63) is 34.5 Å². The minimum Gasteiger partial charge on any atom is -0.472 e. The Morgan fingerprint density at radius 2 is 2.19 bits per heavy atom. The fourth-order valence-electron chi connectivity index (χ4n) is 2.16. The molecule has 0 unspecified atom stereocenters. The Kier molecular flexibility index (Phi) is 2.36. The normalized spacial score (nSPS) is 14.8. The lowest BCUT2D eigenvalue weighted by molar-refractivity contribution is 0.567. The second-order valence-corrected chi connectivity index (χ2v) is 4.45. The Morgan fingerprint density at radius 1 is 1.31 bits per heavy atom. The van der Waals surface area contributed by atoms with Gasteiger partial charge in [0.1, 0.15) is 16.7 Å². The van der Waals surface area contributed by atoms with E-state index in [0.29, 0.717) is 0 Å². The van der Waals surface area contributed by atoms with Crippen molar-refractivity contribution in [2.24, 2.45) is 0 Å². The first-order valence-electron chi connectivity index (χ1n) is 5.49. The number of furan rings is 1. The molecule has 3 rings (SSSR count). The second kappa shape index (κ2) is 3.87. The van der Waals surface area contributed by atoms with E-state index in [2.05, 4.69) is 9.97 Å². The first-order chi connectivity index (χ1) is 7.84. The number of nitrogens with zero attached hydrogens (tertiary/aromatic N) is 1. The number of H-pyrrole nitrogens is 1. The zero-order valence-corrected chi connectivity index (χ0v) is 9.64. The molecule has 0 bridgehead atoms. The van der Waals surface area contributed by atoms with Crippen LogP contribution in [0.25, 0.3) is 11.4 Å². The molecular formula is C12H12N2OS. The van der Waals surface area contributed by atoms with Crippen LogP contribution in [0.4, 0.5) is 0 Å². The van der Waals surface area contributed by atoms with E-state index >= 15 is 0 Å². The van der Waals surface area contributed by atoms with Crippen LogP contribution in [0.5, 0.6) is 0 Å². The quantitative estimate of drug-likeness (QED) is 0.767. The van der Waals surface area contributed by atoms with Crippen molar-refractivity contribution in [3.63, 3.8) is 0 Å². The molecule has 0 saturated carbocycles. The molecular weight excluding hydrogens is 220 g/mol. The van der Waals surface area contributed by atoms with Crippen molar-refractivity contribution >= 4 is 12.2 Å². The number of fused-ring (bicyclic) bond motifs is 1. The summed E-state index contributed by atoms with van der Waals surface area (Å²) in [6, 6.07) is 1.89. The molecule has 0 atom stereocenters. The molecule has 82 valence electrons. The Hall–Kier alpha value is -1.42. The number of aromatic nitrogens is 2. The van der Waals surface area contributed by atoms with E-state index in [-0.39, 0.29) is 0 Å². The highest BCUT2D eigenvalue weighted by molar-refractivity contribution is 7.71. The molecule has 0 radical (unpaired) electrons. The molecule has 0 amide bonds. The predicted octanol–water partition coefficient (Wildman–Crippen LogP) is 3.28. The molecule has 3 nitrogen and oxygen atoms in total. The van der Waals surface area contributed by atoms with Crippen molar-refractivity contribution < 1.29 is 4.42 Å². The highest BCUT2D eigenvalue weighted by Gasteiger charge is 2.14. The minimum absolute atomic E-state index is 0.740. The third kappa shape index (κ3) is 1.59. The molecule has 1 aliphatic rings. The first kappa shape index (κ1) is 9.78. The van der Waals surface area contributed by atoms with Crippen LogP contribution < -0.4 is 0 Å². The Labute approximate surface area is 98.5 Å². The number of hydrogen-bond acceptors (Lipinski definition) is 3. The SMILES string of the molecule is S=c1nc(-c2ccoc2)[nH]c2c1CCCC2. The Balaban J connectivity index is 2.16. The van der Waals surface area contributed by atoms with Gasteiger partial charge in [-0.1, -0.05) is 12.2 Å². The highest BCUT2D eigenvalue weighted by Crippen LogP contribution is 2.23. The van der Waals surface area contributed by atoms with Crippen LogP contribution in [0.15, 0.2) is 23.0 Å². The maximum absolute atomic E-state index is 5.34. The zero-order chi connectivity index (χ0) is 11.0. The lowest BCUT2D eigenvalue weighted by Gasteiger charge is -2.15. The van der Waals surface area contributed by atoms with E-state index in [0.717, 1.165) is 28.9 Å².